The number of nitrogens with one attached hydrogen (secondary N) is 2. The smallest absolute Gasteiger partial charge is 0.231 e. The Morgan fingerprint density at radius 1 is 1.03 bits per heavy atom. The van der Waals surface area contributed by atoms with Gasteiger partial charge in [-0.25, -0.2) is 4.98 Å². The summed E-state index contributed by atoms with van der Waals surface area (Å²) >= 11 is 0. The van der Waals surface area contributed by atoms with Crippen LogP contribution in [0.1, 0.15) is 19.3 Å². The maximum Gasteiger partial charge on any atom is 0.231 e. The van der Waals surface area contributed by atoms with Crippen LogP contribution in [0, 0.1) is 0 Å². The molecule has 0 bridgehead atoms. The van der Waals surface area contributed by atoms with Crippen molar-refractivity contribution in [1.29, 1.82) is 0 Å². The Balaban J connectivity index is 1.42. The van der Waals surface area contributed by atoms with Gasteiger partial charge in [0.05, 0.1) is 0 Å². The molecule has 2 N–H and O–H groups in total. The Morgan fingerprint density at radius 2 is 1.88 bits per heavy atom. The fraction of sp³-hybridized carbons (Fsp3) is 0.261. The van der Waals surface area contributed by atoms with Gasteiger partial charge < -0.3 is 15.5 Å². The van der Waals surface area contributed by atoms with E-state index in [1.165, 1.54) is 0 Å². The van der Waals surface area contributed by atoms with Crippen molar-refractivity contribution < 1.29 is 4.79 Å². The van der Waals surface area contributed by atoms with Gasteiger partial charge in [0.25, 0.3) is 0 Å². The molecule has 1 aliphatic heterocycles. The fourth-order valence-corrected chi connectivity index (χ4v) is 3.84. The van der Waals surface area contributed by atoms with Gasteiger partial charge in [-0.2, -0.15) is 9.97 Å². The lowest BCUT2D eigenvalue weighted by Crippen LogP contribution is -2.27. The third-order valence-electron chi connectivity index (χ3n) is 5.44. The van der Waals surface area contributed by atoms with Gasteiger partial charge in [0.15, 0.2) is 17.0 Å². The number of carbonyl (C=O) groups excluding carboxylic acids is 1. The van der Waals surface area contributed by atoms with E-state index in [9.17, 15) is 4.79 Å². The maximum atomic E-state index is 11.8. The van der Waals surface area contributed by atoms with Crippen molar-refractivity contribution in [1.82, 2.24) is 29.4 Å². The highest BCUT2D eigenvalue weighted by Crippen LogP contribution is 2.25. The third-order valence-corrected chi connectivity index (χ3v) is 5.44. The monoisotopic (exact) mass is 428 g/mol. The van der Waals surface area contributed by atoms with Crippen molar-refractivity contribution in [3.8, 4) is 5.69 Å². The highest BCUT2D eigenvalue weighted by molar-refractivity contribution is 5.86. The van der Waals surface area contributed by atoms with Crippen LogP contribution in [-0.4, -0.2) is 54.9 Å². The number of fused-ring (bicyclic) bond motifs is 1. The van der Waals surface area contributed by atoms with E-state index >= 15 is 0 Å². The number of carbonyl (C=O) groups is 1. The van der Waals surface area contributed by atoms with E-state index in [4.69, 9.17) is 4.98 Å². The molecule has 9 heteroatoms. The van der Waals surface area contributed by atoms with Crippen LogP contribution < -0.4 is 10.6 Å². The molecule has 9 nitrogen and oxygen atoms in total. The topological polar surface area (TPSA) is 101 Å². The molecule has 0 atom stereocenters. The molecule has 5 rings (SSSR count). The summed E-state index contributed by atoms with van der Waals surface area (Å²) in [6, 6.07) is 13.7. The van der Waals surface area contributed by atoms with Gasteiger partial charge >= 0.3 is 0 Å². The summed E-state index contributed by atoms with van der Waals surface area (Å²) in [4.78, 5) is 31.8. The SMILES string of the molecule is O=C1CCCN1CCCNc1nc(Nc2ccncc2)nc2c1ncn2-c1ccccc1. The van der Waals surface area contributed by atoms with Crippen LogP contribution in [0.5, 0.6) is 0 Å². The first-order valence-corrected chi connectivity index (χ1v) is 10.8. The second kappa shape index (κ2) is 9.01. The van der Waals surface area contributed by atoms with Crippen LogP contribution in [0.2, 0.25) is 0 Å². The molecule has 4 aromatic rings. The van der Waals surface area contributed by atoms with Crippen molar-refractivity contribution >= 4 is 34.5 Å². The lowest BCUT2D eigenvalue weighted by Gasteiger charge is -2.15. The number of pyridine rings is 1. The number of para-hydroxylation sites is 1. The summed E-state index contributed by atoms with van der Waals surface area (Å²) in [6.45, 7) is 2.29. The van der Waals surface area contributed by atoms with E-state index in [-0.39, 0.29) is 5.91 Å². The summed E-state index contributed by atoms with van der Waals surface area (Å²) in [5, 5.41) is 6.65. The fourth-order valence-electron chi connectivity index (χ4n) is 3.84. The van der Waals surface area contributed by atoms with E-state index in [1.807, 2.05) is 51.9 Å². The van der Waals surface area contributed by atoms with Crippen LogP contribution >= 0.6 is 0 Å². The number of imidazole rings is 1. The minimum Gasteiger partial charge on any atom is -0.368 e. The molecule has 1 aromatic carbocycles. The molecule has 1 amide bonds. The molecule has 1 fully saturated rings. The molecule has 1 saturated heterocycles. The first kappa shape index (κ1) is 19.9. The molecule has 0 spiro atoms. The van der Waals surface area contributed by atoms with Gasteiger partial charge in [-0.05, 0) is 37.1 Å². The minimum atomic E-state index is 0.250. The predicted molar refractivity (Wildman–Crippen MR) is 123 cm³/mol. The number of rotatable bonds is 8. The molecule has 0 saturated carbocycles. The third kappa shape index (κ3) is 4.22. The first-order chi connectivity index (χ1) is 15.8. The Kier molecular flexibility index (Phi) is 5.61. The van der Waals surface area contributed by atoms with Gasteiger partial charge in [-0.15, -0.1) is 0 Å². The molecule has 1 aliphatic rings. The lowest BCUT2D eigenvalue weighted by molar-refractivity contribution is -0.127. The zero-order valence-corrected chi connectivity index (χ0v) is 17.6. The first-order valence-electron chi connectivity index (χ1n) is 10.8. The van der Waals surface area contributed by atoms with E-state index < -0.39 is 0 Å². The largest absolute Gasteiger partial charge is 0.368 e. The predicted octanol–water partition coefficient (Wildman–Crippen LogP) is 3.38. The van der Waals surface area contributed by atoms with E-state index in [1.54, 1.807) is 18.7 Å². The summed E-state index contributed by atoms with van der Waals surface area (Å²) in [5.41, 5.74) is 3.23. The van der Waals surface area contributed by atoms with Crippen molar-refractivity contribution in [3.63, 3.8) is 0 Å². The molecule has 4 heterocycles. The van der Waals surface area contributed by atoms with Gasteiger partial charge in [0.2, 0.25) is 11.9 Å². The summed E-state index contributed by atoms with van der Waals surface area (Å²) in [5.74, 6) is 1.38. The number of benzene rings is 1. The number of likely N-dealkylation sites (tertiary alicyclic amines) is 1. The average molecular weight is 429 g/mol. The van der Waals surface area contributed by atoms with E-state index in [0.717, 1.165) is 37.3 Å². The Hall–Kier alpha value is -4.01. The van der Waals surface area contributed by atoms with Crippen molar-refractivity contribution in [2.75, 3.05) is 30.3 Å². The normalized spacial score (nSPS) is 13.6. The van der Waals surface area contributed by atoms with E-state index in [0.29, 0.717) is 35.9 Å². The summed E-state index contributed by atoms with van der Waals surface area (Å²) < 4.78 is 1.95. The molecule has 162 valence electrons. The lowest BCUT2D eigenvalue weighted by atomic mass is 10.3. The van der Waals surface area contributed by atoms with Crippen LogP contribution in [-0.2, 0) is 4.79 Å². The summed E-state index contributed by atoms with van der Waals surface area (Å²) in [7, 11) is 0. The Morgan fingerprint density at radius 3 is 2.66 bits per heavy atom. The molecule has 0 aliphatic carbocycles. The van der Waals surface area contributed by atoms with Gasteiger partial charge in [-0.1, -0.05) is 18.2 Å². The number of nitrogens with zero attached hydrogens (tertiary/aromatic N) is 6. The van der Waals surface area contributed by atoms with Gasteiger partial charge in [0.1, 0.15) is 6.33 Å². The number of hydrogen-bond donors (Lipinski definition) is 2. The second-order valence-electron chi connectivity index (χ2n) is 7.64. The zero-order valence-electron chi connectivity index (χ0n) is 17.6. The zero-order chi connectivity index (χ0) is 21.8. The second-order valence-corrected chi connectivity index (χ2v) is 7.64. The summed E-state index contributed by atoms with van der Waals surface area (Å²) in [6.07, 6.45) is 7.66. The van der Waals surface area contributed by atoms with Crippen molar-refractivity contribution in [2.24, 2.45) is 0 Å². The molecular weight excluding hydrogens is 404 g/mol. The minimum absolute atomic E-state index is 0.250. The number of amides is 1. The average Bonchev–Trinajstić information content (AvgIpc) is 3.44. The van der Waals surface area contributed by atoms with Gasteiger partial charge in [0, 0.05) is 49.8 Å². The van der Waals surface area contributed by atoms with Gasteiger partial charge in [-0.3, -0.25) is 14.3 Å². The molecule has 0 radical (unpaired) electrons. The highest BCUT2D eigenvalue weighted by atomic mass is 16.2. The van der Waals surface area contributed by atoms with Crippen LogP contribution in [0.4, 0.5) is 17.5 Å². The van der Waals surface area contributed by atoms with Crippen molar-refractivity contribution in [2.45, 2.75) is 19.3 Å². The number of aromatic nitrogens is 5. The highest BCUT2D eigenvalue weighted by Gasteiger charge is 2.19. The number of hydrogen-bond acceptors (Lipinski definition) is 7. The standard InChI is InChI=1S/C23H24N8O/c32-19-8-4-14-30(19)15-5-11-25-21-20-22(31(16-26-20)18-6-2-1-3-7-18)29-23(28-21)27-17-9-12-24-13-10-17/h1-3,6-7,9-10,12-13,16H,4-5,8,11,14-15H2,(H2,24,25,27,28,29). The molecule has 32 heavy (non-hydrogen) atoms. The number of anilines is 3. The Bertz CT molecular complexity index is 1210. The quantitative estimate of drug-likeness (QED) is 0.415. The molecule has 3 aromatic heterocycles. The molecular formula is C23H24N8O. The maximum absolute atomic E-state index is 11.8. The Labute approximate surface area is 185 Å². The van der Waals surface area contributed by atoms with Crippen LogP contribution in [0.15, 0.2) is 61.2 Å². The molecule has 0 unspecified atom stereocenters. The van der Waals surface area contributed by atoms with Crippen molar-refractivity contribution in [3.05, 3.63) is 61.2 Å². The van der Waals surface area contributed by atoms with E-state index in [2.05, 4.69) is 25.6 Å². The van der Waals surface area contributed by atoms with Crippen LogP contribution in [0.25, 0.3) is 16.9 Å². The van der Waals surface area contributed by atoms with Crippen LogP contribution in [0.3, 0.4) is 0 Å².